The zero-order chi connectivity index (χ0) is 21.0. The van der Waals surface area contributed by atoms with Crippen molar-refractivity contribution in [3.63, 3.8) is 0 Å². The van der Waals surface area contributed by atoms with Crippen molar-refractivity contribution in [1.82, 2.24) is 0 Å². The highest BCUT2D eigenvalue weighted by molar-refractivity contribution is 5.82. The third-order valence-electron chi connectivity index (χ3n) is 3.67. The molecule has 0 aromatic carbocycles. The molecule has 0 atom stereocenters. The van der Waals surface area contributed by atoms with E-state index in [-0.39, 0.29) is 11.8 Å². The topological polar surface area (TPSA) is 123 Å². The summed E-state index contributed by atoms with van der Waals surface area (Å²) in [5, 5.41) is 0. The predicted molar refractivity (Wildman–Crippen MR) is 107 cm³/mol. The summed E-state index contributed by atoms with van der Waals surface area (Å²) in [4.78, 5) is 22.8. The van der Waals surface area contributed by atoms with E-state index >= 15 is 0 Å². The van der Waals surface area contributed by atoms with Crippen LogP contribution in [0.4, 0.5) is 0 Å². The molecule has 0 saturated carbocycles. The second-order valence-electron chi connectivity index (χ2n) is 6.12. The van der Waals surface area contributed by atoms with Gasteiger partial charge in [0.05, 0.1) is 38.6 Å². The first-order valence-corrected chi connectivity index (χ1v) is 10.0. The van der Waals surface area contributed by atoms with Crippen LogP contribution in [-0.2, 0) is 28.5 Å². The van der Waals surface area contributed by atoms with Gasteiger partial charge in [-0.15, -0.1) is 0 Å². The highest BCUT2D eigenvalue weighted by Crippen LogP contribution is 2.09. The Labute approximate surface area is 168 Å². The van der Waals surface area contributed by atoms with Gasteiger partial charge in [-0.2, -0.15) is 0 Å². The number of hydrogen-bond acceptors (Lipinski definition) is 8. The summed E-state index contributed by atoms with van der Waals surface area (Å²) in [6, 6.07) is 0. The second-order valence-corrected chi connectivity index (χ2v) is 6.12. The van der Waals surface area contributed by atoms with Gasteiger partial charge in [0, 0.05) is 0 Å². The monoisotopic (exact) mass is 400 g/mol. The standard InChI is InChI=1S/C20H36N2O6/c1-3-25-17(21)15-19(23)27-13-11-9-7-5-6-8-10-12-14-28-20(24)16-18(22)26-4-2/h15-16H,3-14,21-22H2,1-2H3. The van der Waals surface area contributed by atoms with Gasteiger partial charge in [0.2, 0.25) is 0 Å². The largest absolute Gasteiger partial charge is 0.479 e. The molecule has 4 N–H and O–H groups in total. The summed E-state index contributed by atoms with van der Waals surface area (Å²) < 4.78 is 20.0. The van der Waals surface area contributed by atoms with E-state index in [0.29, 0.717) is 26.4 Å². The lowest BCUT2D eigenvalue weighted by Gasteiger charge is -2.05. The molecule has 0 spiro atoms. The molecule has 0 unspecified atom stereocenters. The van der Waals surface area contributed by atoms with E-state index in [4.69, 9.17) is 30.4 Å². The lowest BCUT2D eigenvalue weighted by atomic mass is 10.1. The lowest BCUT2D eigenvalue weighted by molar-refractivity contribution is -0.139. The molecular formula is C20H36N2O6. The smallest absolute Gasteiger partial charge is 0.336 e. The third kappa shape index (κ3) is 17.1. The van der Waals surface area contributed by atoms with Gasteiger partial charge in [0.15, 0.2) is 11.8 Å². The molecule has 0 aliphatic heterocycles. The molecule has 0 saturated heterocycles. The average molecular weight is 401 g/mol. The first-order valence-electron chi connectivity index (χ1n) is 10.0. The Morgan fingerprint density at radius 1 is 0.607 bits per heavy atom. The minimum Gasteiger partial charge on any atom is -0.479 e. The van der Waals surface area contributed by atoms with Gasteiger partial charge in [0.1, 0.15) is 0 Å². The summed E-state index contributed by atoms with van der Waals surface area (Å²) in [5.41, 5.74) is 10.9. The van der Waals surface area contributed by atoms with Crippen LogP contribution in [0, 0.1) is 0 Å². The molecule has 8 heteroatoms. The Kier molecular flexibility index (Phi) is 16.5. The molecule has 0 aliphatic carbocycles. The predicted octanol–water partition coefficient (Wildman–Crippen LogP) is 2.87. The zero-order valence-electron chi connectivity index (χ0n) is 17.2. The van der Waals surface area contributed by atoms with Crippen LogP contribution in [-0.4, -0.2) is 38.4 Å². The van der Waals surface area contributed by atoms with Crippen molar-refractivity contribution in [1.29, 1.82) is 0 Å². The van der Waals surface area contributed by atoms with E-state index < -0.39 is 11.9 Å². The number of esters is 2. The number of rotatable bonds is 17. The maximum atomic E-state index is 11.4. The van der Waals surface area contributed by atoms with Crippen molar-refractivity contribution in [3.8, 4) is 0 Å². The number of unbranched alkanes of at least 4 members (excludes halogenated alkanes) is 7. The number of carbonyl (C=O) groups is 2. The second kappa shape index (κ2) is 18.0. The van der Waals surface area contributed by atoms with Crippen molar-refractivity contribution < 1.29 is 28.5 Å². The molecule has 0 heterocycles. The molecule has 0 radical (unpaired) electrons. The van der Waals surface area contributed by atoms with E-state index in [0.717, 1.165) is 63.5 Å². The molecule has 28 heavy (non-hydrogen) atoms. The average Bonchev–Trinajstić information content (AvgIpc) is 2.62. The summed E-state index contributed by atoms with van der Waals surface area (Å²) >= 11 is 0. The molecule has 0 aromatic heterocycles. The van der Waals surface area contributed by atoms with Gasteiger partial charge >= 0.3 is 11.9 Å². The highest BCUT2D eigenvalue weighted by Gasteiger charge is 2.02. The van der Waals surface area contributed by atoms with E-state index in [1.54, 1.807) is 13.8 Å². The third-order valence-corrected chi connectivity index (χ3v) is 3.67. The van der Waals surface area contributed by atoms with Crippen LogP contribution < -0.4 is 11.5 Å². The van der Waals surface area contributed by atoms with Crippen molar-refractivity contribution in [3.05, 3.63) is 23.9 Å². The molecule has 0 aliphatic rings. The molecule has 0 aromatic rings. The number of nitrogens with two attached hydrogens (primary N) is 2. The fourth-order valence-corrected chi connectivity index (χ4v) is 2.34. The van der Waals surface area contributed by atoms with E-state index in [2.05, 4.69) is 0 Å². The zero-order valence-corrected chi connectivity index (χ0v) is 17.2. The van der Waals surface area contributed by atoms with E-state index in [9.17, 15) is 9.59 Å². The van der Waals surface area contributed by atoms with Gasteiger partial charge in [-0.05, 0) is 26.7 Å². The van der Waals surface area contributed by atoms with Gasteiger partial charge < -0.3 is 30.4 Å². The summed E-state index contributed by atoms with van der Waals surface area (Å²) in [6.07, 6.45) is 10.5. The van der Waals surface area contributed by atoms with Crippen LogP contribution in [0.5, 0.6) is 0 Å². The Bertz CT molecular complexity index is 447. The van der Waals surface area contributed by atoms with Gasteiger partial charge in [-0.25, -0.2) is 9.59 Å². The Morgan fingerprint density at radius 3 is 1.25 bits per heavy atom. The Hall–Kier alpha value is -2.38. The number of ether oxygens (including phenoxy) is 4. The fourth-order valence-electron chi connectivity index (χ4n) is 2.34. The van der Waals surface area contributed by atoms with Crippen molar-refractivity contribution in [2.24, 2.45) is 11.5 Å². The molecule has 0 rings (SSSR count). The van der Waals surface area contributed by atoms with Crippen molar-refractivity contribution in [2.75, 3.05) is 26.4 Å². The van der Waals surface area contributed by atoms with Crippen molar-refractivity contribution >= 4 is 11.9 Å². The molecular weight excluding hydrogens is 364 g/mol. The van der Waals surface area contributed by atoms with Gasteiger partial charge in [-0.3, -0.25) is 0 Å². The lowest BCUT2D eigenvalue weighted by Crippen LogP contribution is -2.09. The Balaban J connectivity index is 3.42. The van der Waals surface area contributed by atoms with Crippen LogP contribution in [0.3, 0.4) is 0 Å². The maximum Gasteiger partial charge on any atom is 0.336 e. The van der Waals surface area contributed by atoms with Gasteiger partial charge in [0.25, 0.3) is 0 Å². The molecule has 162 valence electrons. The van der Waals surface area contributed by atoms with Crippen LogP contribution >= 0.6 is 0 Å². The molecule has 0 bridgehead atoms. The van der Waals surface area contributed by atoms with Crippen LogP contribution in [0.1, 0.15) is 65.2 Å². The number of hydrogen-bond donors (Lipinski definition) is 2. The summed E-state index contributed by atoms with van der Waals surface area (Å²) in [5.74, 6) is -0.785. The molecule has 0 amide bonds. The normalized spacial score (nSPS) is 11.8. The van der Waals surface area contributed by atoms with Crippen LogP contribution in [0.2, 0.25) is 0 Å². The molecule has 0 fully saturated rings. The Morgan fingerprint density at radius 2 is 0.929 bits per heavy atom. The fraction of sp³-hybridized carbons (Fsp3) is 0.700. The summed E-state index contributed by atoms with van der Waals surface area (Å²) in [6.45, 7) is 5.20. The van der Waals surface area contributed by atoms with Crippen LogP contribution in [0.15, 0.2) is 23.9 Å². The summed E-state index contributed by atoms with van der Waals surface area (Å²) in [7, 11) is 0. The molecule has 8 nitrogen and oxygen atoms in total. The SMILES string of the molecule is CCOC(N)=CC(=O)OCCCCCCCCCCOC(=O)C=C(N)OCC. The highest BCUT2D eigenvalue weighted by atomic mass is 16.5. The van der Waals surface area contributed by atoms with Crippen LogP contribution in [0.25, 0.3) is 0 Å². The van der Waals surface area contributed by atoms with Crippen molar-refractivity contribution in [2.45, 2.75) is 65.2 Å². The quantitative estimate of drug-likeness (QED) is 0.165. The van der Waals surface area contributed by atoms with Gasteiger partial charge in [-0.1, -0.05) is 38.5 Å². The van der Waals surface area contributed by atoms with E-state index in [1.807, 2.05) is 0 Å². The first-order chi connectivity index (χ1) is 13.5. The number of carbonyl (C=O) groups excluding carboxylic acids is 2. The maximum absolute atomic E-state index is 11.4. The van der Waals surface area contributed by atoms with E-state index in [1.165, 1.54) is 0 Å². The first kappa shape index (κ1) is 25.6. The minimum atomic E-state index is -0.470. The minimum absolute atomic E-state index is 0.0772.